The Morgan fingerprint density at radius 1 is 1.38 bits per heavy atom. The van der Waals surface area contributed by atoms with Crippen LogP contribution in [0.25, 0.3) is 11.0 Å². The Morgan fingerprint density at radius 2 is 2.12 bits per heavy atom. The normalized spacial score (nSPS) is 11.2. The van der Waals surface area contributed by atoms with Crippen LogP contribution in [0.1, 0.15) is 32.4 Å². The van der Waals surface area contributed by atoms with Crippen molar-refractivity contribution in [2.24, 2.45) is 0 Å². The van der Waals surface area contributed by atoms with Gasteiger partial charge in [0.25, 0.3) is 0 Å². The van der Waals surface area contributed by atoms with Crippen LogP contribution in [0.15, 0.2) is 12.3 Å². The highest BCUT2D eigenvalue weighted by Crippen LogP contribution is 2.22. The molecule has 0 saturated carbocycles. The van der Waals surface area contributed by atoms with Crippen LogP contribution in [-0.4, -0.2) is 21.2 Å². The molecule has 0 aromatic carbocycles. The molecule has 0 aliphatic heterocycles. The number of nitrogens with one attached hydrogen (secondary N) is 2. The Bertz CT molecular complexity index is 471. The molecule has 0 spiro atoms. The first-order chi connectivity index (χ1) is 7.74. The van der Waals surface area contributed by atoms with Crippen LogP contribution in [0.5, 0.6) is 0 Å². The molecule has 0 aliphatic carbocycles. The first kappa shape index (κ1) is 10.9. The molecule has 4 nitrogen and oxygen atoms in total. The van der Waals surface area contributed by atoms with Crippen molar-refractivity contribution in [2.75, 3.05) is 5.32 Å². The van der Waals surface area contributed by atoms with Crippen LogP contribution in [0.2, 0.25) is 0 Å². The van der Waals surface area contributed by atoms with E-state index in [0.717, 1.165) is 35.3 Å². The lowest BCUT2D eigenvalue weighted by atomic mass is 10.1. The summed E-state index contributed by atoms with van der Waals surface area (Å²) in [5, 5.41) is 11.6. The molecule has 16 heavy (non-hydrogen) atoms. The van der Waals surface area contributed by atoms with Crippen molar-refractivity contribution in [1.82, 2.24) is 15.2 Å². The Hall–Kier alpha value is -1.58. The molecule has 0 aliphatic rings. The average molecular weight is 218 g/mol. The summed E-state index contributed by atoms with van der Waals surface area (Å²) in [6, 6.07) is 2.59. The number of anilines is 1. The fraction of sp³-hybridized carbons (Fsp3) is 0.500. The number of aromatic nitrogens is 3. The van der Waals surface area contributed by atoms with Crippen molar-refractivity contribution < 1.29 is 0 Å². The van der Waals surface area contributed by atoms with E-state index in [1.165, 1.54) is 0 Å². The molecule has 0 atom stereocenters. The van der Waals surface area contributed by atoms with Gasteiger partial charge in [0.15, 0.2) is 5.65 Å². The van der Waals surface area contributed by atoms with Crippen molar-refractivity contribution in [3.05, 3.63) is 18.0 Å². The van der Waals surface area contributed by atoms with E-state index in [0.29, 0.717) is 6.04 Å². The maximum Gasteiger partial charge on any atom is 0.157 e. The summed E-state index contributed by atoms with van der Waals surface area (Å²) in [4.78, 5) is 4.40. The predicted molar refractivity (Wildman–Crippen MR) is 66.6 cm³/mol. The van der Waals surface area contributed by atoms with E-state index < -0.39 is 0 Å². The lowest BCUT2D eigenvalue weighted by Crippen LogP contribution is -2.17. The Kier molecular flexibility index (Phi) is 3.08. The topological polar surface area (TPSA) is 53.6 Å². The van der Waals surface area contributed by atoms with Gasteiger partial charge in [-0.2, -0.15) is 5.10 Å². The monoisotopic (exact) mass is 218 g/mol. The quantitative estimate of drug-likeness (QED) is 0.829. The van der Waals surface area contributed by atoms with Gasteiger partial charge in [-0.25, -0.2) is 4.98 Å². The number of hydrogen-bond donors (Lipinski definition) is 2. The number of H-pyrrole nitrogens is 1. The molecule has 4 heteroatoms. The molecule has 2 aromatic heterocycles. The van der Waals surface area contributed by atoms with Gasteiger partial charge in [-0.3, -0.25) is 5.10 Å². The van der Waals surface area contributed by atoms with Crippen LogP contribution in [0.3, 0.4) is 0 Å². The van der Waals surface area contributed by atoms with E-state index in [1.807, 2.05) is 13.1 Å². The number of aromatic amines is 1. The summed E-state index contributed by atoms with van der Waals surface area (Å²) in [5.74, 6) is 0. The maximum atomic E-state index is 4.40. The van der Waals surface area contributed by atoms with Crippen LogP contribution < -0.4 is 5.32 Å². The summed E-state index contributed by atoms with van der Waals surface area (Å²) in [5.41, 5.74) is 2.99. The molecule has 0 fully saturated rings. The minimum atomic E-state index is 0.514. The molecule has 0 saturated heterocycles. The first-order valence-electron chi connectivity index (χ1n) is 5.81. The zero-order valence-corrected chi connectivity index (χ0v) is 10.0. The van der Waals surface area contributed by atoms with Crippen LogP contribution in [0.4, 0.5) is 5.69 Å². The highest BCUT2D eigenvalue weighted by molar-refractivity contribution is 5.88. The van der Waals surface area contributed by atoms with Gasteiger partial charge in [0.1, 0.15) is 0 Å². The third kappa shape index (κ3) is 2.01. The van der Waals surface area contributed by atoms with Gasteiger partial charge in [-0.05, 0) is 25.8 Å². The van der Waals surface area contributed by atoms with E-state index in [2.05, 4.69) is 40.4 Å². The van der Waals surface area contributed by atoms with Crippen molar-refractivity contribution in [1.29, 1.82) is 0 Å². The SMILES string of the molecule is CCC(CC)Nc1cc(C)nc2[nH]ncc12. The summed E-state index contributed by atoms with van der Waals surface area (Å²) in [7, 11) is 0. The molecule has 2 aromatic rings. The number of pyridine rings is 1. The fourth-order valence-corrected chi connectivity index (χ4v) is 1.89. The van der Waals surface area contributed by atoms with Crippen molar-refractivity contribution in [3.8, 4) is 0 Å². The number of rotatable bonds is 4. The van der Waals surface area contributed by atoms with Gasteiger partial charge in [-0.15, -0.1) is 0 Å². The average Bonchev–Trinajstić information content (AvgIpc) is 2.73. The molecular weight excluding hydrogens is 200 g/mol. The minimum Gasteiger partial charge on any atom is -0.382 e. The lowest BCUT2D eigenvalue weighted by molar-refractivity contribution is 0.672. The Morgan fingerprint density at radius 3 is 2.81 bits per heavy atom. The highest BCUT2D eigenvalue weighted by atomic mass is 15.1. The predicted octanol–water partition coefficient (Wildman–Crippen LogP) is 2.87. The van der Waals surface area contributed by atoms with E-state index >= 15 is 0 Å². The van der Waals surface area contributed by atoms with Gasteiger partial charge < -0.3 is 5.32 Å². The van der Waals surface area contributed by atoms with Gasteiger partial charge in [0, 0.05) is 17.4 Å². The molecule has 2 N–H and O–H groups in total. The van der Waals surface area contributed by atoms with Gasteiger partial charge in [0.05, 0.1) is 11.6 Å². The summed E-state index contributed by atoms with van der Waals surface area (Å²) >= 11 is 0. The number of aryl methyl sites for hydroxylation is 1. The molecule has 2 rings (SSSR count). The highest BCUT2D eigenvalue weighted by Gasteiger charge is 2.09. The van der Waals surface area contributed by atoms with E-state index in [4.69, 9.17) is 0 Å². The minimum absolute atomic E-state index is 0.514. The van der Waals surface area contributed by atoms with Gasteiger partial charge >= 0.3 is 0 Å². The molecule has 86 valence electrons. The molecule has 2 heterocycles. The number of hydrogen-bond acceptors (Lipinski definition) is 3. The lowest BCUT2D eigenvalue weighted by Gasteiger charge is -2.17. The van der Waals surface area contributed by atoms with Crippen molar-refractivity contribution in [3.63, 3.8) is 0 Å². The van der Waals surface area contributed by atoms with Crippen molar-refractivity contribution >= 4 is 16.7 Å². The molecular formula is C12H18N4. The van der Waals surface area contributed by atoms with Gasteiger partial charge in [-0.1, -0.05) is 13.8 Å². The second-order valence-electron chi connectivity index (χ2n) is 4.10. The van der Waals surface area contributed by atoms with E-state index in [9.17, 15) is 0 Å². The summed E-state index contributed by atoms with van der Waals surface area (Å²) < 4.78 is 0. The molecule has 0 amide bonds. The van der Waals surface area contributed by atoms with Crippen molar-refractivity contribution in [2.45, 2.75) is 39.7 Å². The second-order valence-corrected chi connectivity index (χ2v) is 4.10. The van der Waals surface area contributed by atoms with E-state index in [1.54, 1.807) is 0 Å². The molecule has 0 bridgehead atoms. The van der Waals surface area contributed by atoms with Crippen LogP contribution in [0, 0.1) is 6.92 Å². The maximum absolute atomic E-state index is 4.40. The Balaban J connectivity index is 2.38. The third-order valence-corrected chi connectivity index (χ3v) is 2.90. The van der Waals surface area contributed by atoms with Gasteiger partial charge in [0.2, 0.25) is 0 Å². The third-order valence-electron chi connectivity index (χ3n) is 2.90. The van der Waals surface area contributed by atoms with Crippen LogP contribution >= 0.6 is 0 Å². The Labute approximate surface area is 95.5 Å². The summed E-state index contributed by atoms with van der Waals surface area (Å²) in [6.45, 7) is 6.39. The first-order valence-corrected chi connectivity index (χ1v) is 5.81. The zero-order chi connectivity index (χ0) is 11.5. The molecule has 0 radical (unpaired) electrons. The number of fused-ring (bicyclic) bond motifs is 1. The smallest absolute Gasteiger partial charge is 0.157 e. The fourth-order valence-electron chi connectivity index (χ4n) is 1.89. The molecule has 0 unspecified atom stereocenters. The van der Waals surface area contributed by atoms with Crippen LogP contribution in [-0.2, 0) is 0 Å². The second kappa shape index (κ2) is 4.51. The summed E-state index contributed by atoms with van der Waals surface area (Å²) in [6.07, 6.45) is 4.07. The number of nitrogens with zero attached hydrogens (tertiary/aromatic N) is 2. The standard InChI is InChI=1S/C12H18N4/c1-4-9(5-2)15-11-6-8(3)14-12-10(11)7-13-16-12/h6-7,9H,4-5H2,1-3H3,(H2,13,14,15,16). The van der Waals surface area contributed by atoms with E-state index in [-0.39, 0.29) is 0 Å². The zero-order valence-electron chi connectivity index (χ0n) is 10.0. The largest absolute Gasteiger partial charge is 0.382 e.